The molecular formula is C11H20N2O3S2. The second-order valence-corrected chi connectivity index (χ2v) is 5.80. The van der Waals surface area contributed by atoms with Gasteiger partial charge in [-0.25, -0.2) is 0 Å². The van der Waals surface area contributed by atoms with Crippen LogP contribution in [0, 0.1) is 0 Å². The van der Waals surface area contributed by atoms with Crippen molar-refractivity contribution in [3.8, 4) is 0 Å². The quantitative estimate of drug-likeness (QED) is 0.426. The van der Waals surface area contributed by atoms with Crippen LogP contribution in [-0.2, 0) is 14.4 Å². The van der Waals surface area contributed by atoms with Gasteiger partial charge in [0.1, 0.15) is 0 Å². The lowest BCUT2D eigenvalue weighted by Crippen LogP contribution is -2.45. The van der Waals surface area contributed by atoms with Gasteiger partial charge in [0.05, 0.1) is 12.1 Å². The van der Waals surface area contributed by atoms with Gasteiger partial charge in [0.2, 0.25) is 11.6 Å². The van der Waals surface area contributed by atoms with Crippen molar-refractivity contribution in [1.29, 1.82) is 0 Å². The highest BCUT2D eigenvalue weighted by atomic mass is 32.2. The van der Waals surface area contributed by atoms with Crippen molar-refractivity contribution >= 4 is 40.9 Å². The van der Waals surface area contributed by atoms with Crippen molar-refractivity contribution in [1.82, 2.24) is 0 Å². The van der Waals surface area contributed by atoms with E-state index >= 15 is 0 Å². The van der Waals surface area contributed by atoms with E-state index in [-0.39, 0.29) is 0 Å². The molecule has 0 heterocycles. The normalized spacial score (nSPS) is 14.0. The van der Waals surface area contributed by atoms with Gasteiger partial charge >= 0.3 is 0 Å². The molecule has 2 atom stereocenters. The van der Waals surface area contributed by atoms with Gasteiger partial charge in [0.25, 0.3) is 5.78 Å². The van der Waals surface area contributed by atoms with E-state index in [0.29, 0.717) is 24.3 Å². The Morgan fingerprint density at radius 1 is 0.889 bits per heavy atom. The van der Waals surface area contributed by atoms with E-state index in [1.165, 1.54) is 23.5 Å². The Morgan fingerprint density at radius 2 is 1.22 bits per heavy atom. The maximum Gasteiger partial charge on any atom is 0.267 e. The van der Waals surface area contributed by atoms with Crippen molar-refractivity contribution in [2.45, 2.75) is 24.9 Å². The molecule has 0 radical (unpaired) electrons. The van der Waals surface area contributed by atoms with Gasteiger partial charge in [-0.05, 0) is 36.9 Å². The lowest BCUT2D eigenvalue weighted by Gasteiger charge is -2.11. The summed E-state index contributed by atoms with van der Waals surface area (Å²) in [7, 11) is 0. The Labute approximate surface area is 116 Å². The highest BCUT2D eigenvalue weighted by Crippen LogP contribution is 2.03. The topological polar surface area (TPSA) is 103 Å². The fourth-order valence-electron chi connectivity index (χ4n) is 1.21. The molecule has 0 aliphatic carbocycles. The van der Waals surface area contributed by atoms with E-state index < -0.39 is 29.4 Å². The lowest BCUT2D eigenvalue weighted by molar-refractivity contribution is -0.145. The molecule has 0 rings (SSSR count). The molecule has 5 nitrogen and oxygen atoms in total. The SMILES string of the molecule is CSCC[C@H](N)C(=O)C(=O)C(=O)[C@@H](N)CCSC. The van der Waals surface area contributed by atoms with Crippen LogP contribution in [0.2, 0.25) is 0 Å². The minimum atomic E-state index is -1.06. The summed E-state index contributed by atoms with van der Waals surface area (Å²) in [6.45, 7) is 0. The molecule has 104 valence electrons. The van der Waals surface area contributed by atoms with E-state index in [0.717, 1.165) is 0 Å². The second kappa shape index (κ2) is 9.55. The number of Topliss-reactive ketones (excluding diaryl/α,β-unsaturated/α-hetero) is 3. The van der Waals surface area contributed by atoms with E-state index in [2.05, 4.69) is 0 Å². The minimum absolute atomic E-state index is 0.388. The molecule has 18 heavy (non-hydrogen) atoms. The molecule has 0 amide bonds. The average molecular weight is 292 g/mol. The Morgan fingerprint density at radius 3 is 1.50 bits per heavy atom. The zero-order chi connectivity index (χ0) is 14.1. The Balaban J connectivity index is 4.35. The zero-order valence-electron chi connectivity index (χ0n) is 10.7. The summed E-state index contributed by atoms with van der Waals surface area (Å²) in [5.41, 5.74) is 11.1. The summed E-state index contributed by atoms with van der Waals surface area (Å²) in [6.07, 6.45) is 4.53. The third kappa shape index (κ3) is 5.99. The maximum absolute atomic E-state index is 11.6. The monoisotopic (exact) mass is 292 g/mol. The molecule has 7 heteroatoms. The lowest BCUT2D eigenvalue weighted by atomic mass is 9.99. The van der Waals surface area contributed by atoms with Crippen LogP contribution in [0.5, 0.6) is 0 Å². The average Bonchev–Trinajstić information content (AvgIpc) is 2.39. The number of hydrogen-bond donors (Lipinski definition) is 2. The smallest absolute Gasteiger partial charge is 0.267 e. The van der Waals surface area contributed by atoms with Gasteiger partial charge in [-0.3, -0.25) is 14.4 Å². The third-order valence-electron chi connectivity index (χ3n) is 2.39. The van der Waals surface area contributed by atoms with Crippen molar-refractivity contribution < 1.29 is 14.4 Å². The molecule has 0 unspecified atom stereocenters. The first kappa shape index (κ1) is 17.6. The summed E-state index contributed by atoms with van der Waals surface area (Å²) in [5.74, 6) is -1.36. The molecule has 0 bridgehead atoms. The first-order chi connectivity index (χ1) is 8.45. The number of carbonyl (C=O) groups is 3. The maximum atomic E-state index is 11.6. The number of hydrogen-bond acceptors (Lipinski definition) is 7. The zero-order valence-corrected chi connectivity index (χ0v) is 12.3. The molecule has 0 aromatic heterocycles. The van der Waals surface area contributed by atoms with Crippen LogP contribution < -0.4 is 11.5 Å². The minimum Gasteiger partial charge on any atom is -0.321 e. The molecule has 0 saturated carbocycles. The van der Waals surface area contributed by atoms with Crippen molar-refractivity contribution in [2.75, 3.05) is 24.0 Å². The Hall–Kier alpha value is -0.370. The molecule has 0 fully saturated rings. The number of ketones is 3. The van der Waals surface area contributed by atoms with Gasteiger partial charge in [0.15, 0.2) is 0 Å². The predicted octanol–water partition coefficient (Wildman–Crippen LogP) is -0.145. The van der Waals surface area contributed by atoms with Gasteiger partial charge < -0.3 is 11.5 Å². The van der Waals surface area contributed by atoms with Crippen LogP contribution >= 0.6 is 23.5 Å². The van der Waals surface area contributed by atoms with E-state index in [1.807, 2.05) is 12.5 Å². The van der Waals surface area contributed by atoms with Crippen LogP contribution in [0.4, 0.5) is 0 Å². The van der Waals surface area contributed by atoms with Gasteiger partial charge in [-0.2, -0.15) is 23.5 Å². The van der Waals surface area contributed by atoms with Gasteiger partial charge in [-0.1, -0.05) is 0 Å². The largest absolute Gasteiger partial charge is 0.321 e. The number of thioether (sulfide) groups is 2. The fourth-order valence-corrected chi connectivity index (χ4v) is 2.19. The molecule has 0 aromatic rings. The predicted molar refractivity (Wildman–Crippen MR) is 77.0 cm³/mol. The van der Waals surface area contributed by atoms with Crippen molar-refractivity contribution in [2.24, 2.45) is 11.5 Å². The third-order valence-corrected chi connectivity index (χ3v) is 3.67. The van der Waals surface area contributed by atoms with E-state index in [4.69, 9.17) is 11.5 Å². The summed E-state index contributed by atoms with van der Waals surface area (Å²) in [4.78, 5) is 34.8. The first-order valence-corrected chi connectivity index (χ1v) is 8.35. The molecule has 0 saturated heterocycles. The first-order valence-electron chi connectivity index (χ1n) is 5.57. The van der Waals surface area contributed by atoms with Crippen LogP contribution in [0.1, 0.15) is 12.8 Å². The van der Waals surface area contributed by atoms with Gasteiger partial charge in [-0.15, -0.1) is 0 Å². The summed E-state index contributed by atoms with van der Waals surface area (Å²) in [5, 5.41) is 0. The van der Waals surface area contributed by atoms with E-state index in [9.17, 15) is 14.4 Å². The molecule has 4 N–H and O–H groups in total. The Kier molecular flexibility index (Phi) is 9.35. The summed E-state index contributed by atoms with van der Waals surface area (Å²) < 4.78 is 0. The standard InChI is InChI=1S/C11H20N2O3S2/c1-17-5-3-7(12)9(14)11(16)10(15)8(13)4-6-18-2/h7-8H,3-6,12-13H2,1-2H3/t7-,8-/m0/s1. The Bertz CT molecular complexity index is 283. The van der Waals surface area contributed by atoms with Crippen LogP contribution in [0.15, 0.2) is 0 Å². The molecule has 0 aliphatic heterocycles. The summed E-state index contributed by atoms with van der Waals surface area (Å²) in [6, 6.07) is -1.80. The van der Waals surface area contributed by atoms with Gasteiger partial charge in [0, 0.05) is 0 Å². The van der Waals surface area contributed by atoms with Crippen LogP contribution in [0.3, 0.4) is 0 Å². The number of nitrogens with two attached hydrogens (primary N) is 2. The summed E-state index contributed by atoms with van der Waals surface area (Å²) >= 11 is 3.06. The van der Waals surface area contributed by atoms with Crippen molar-refractivity contribution in [3.05, 3.63) is 0 Å². The molecule has 0 aromatic carbocycles. The molecular weight excluding hydrogens is 272 g/mol. The highest BCUT2D eigenvalue weighted by molar-refractivity contribution is 7.98. The molecule has 0 aliphatic rings. The van der Waals surface area contributed by atoms with Crippen LogP contribution in [0.25, 0.3) is 0 Å². The van der Waals surface area contributed by atoms with E-state index in [1.54, 1.807) is 0 Å². The van der Waals surface area contributed by atoms with Crippen molar-refractivity contribution in [3.63, 3.8) is 0 Å². The fraction of sp³-hybridized carbons (Fsp3) is 0.727. The molecule has 0 spiro atoms. The second-order valence-electron chi connectivity index (χ2n) is 3.83. The number of rotatable bonds is 10. The number of carbonyl (C=O) groups excluding carboxylic acids is 3. The van der Waals surface area contributed by atoms with Crippen LogP contribution in [-0.4, -0.2) is 53.5 Å². The highest BCUT2D eigenvalue weighted by Gasteiger charge is 2.30.